The lowest BCUT2D eigenvalue weighted by atomic mass is 10.1. The lowest BCUT2D eigenvalue weighted by Gasteiger charge is -2.13. The highest BCUT2D eigenvalue weighted by Crippen LogP contribution is 2.35. The Hall–Kier alpha value is -3.59. The van der Waals surface area contributed by atoms with Gasteiger partial charge in [-0.2, -0.15) is 13.2 Å². The van der Waals surface area contributed by atoms with Crippen molar-refractivity contribution >= 4 is 11.6 Å². The Balaban J connectivity index is 1.55. The fourth-order valence-electron chi connectivity index (χ4n) is 3.06. The van der Waals surface area contributed by atoms with E-state index in [9.17, 15) is 13.2 Å². The summed E-state index contributed by atoms with van der Waals surface area (Å²) in [7, 11) is 1.49. The molecule has 4 aromatic rings. The summed E-state index contributed by atoms with van der Waals surface area (Å²) in [5, 5.41) is 0.380. The number of nitrogens with zero attached hydrogens (tertiary/aromatic N) is 3. The highest BCUT2D eigenvalue weighted by Gasteiger charge is 2.33. The first-order valence-electron chi connectivity index (χ1n) is 9.35. The summed E-state index contributed by atoms with van der Waals surface area (Å²) in [6, 6.07) is 10.6. The minimum atomic E-state index is -4.51. The van der Waals surface area contributed by atoms with E-state index < -0.39 is 11.7 Å². The normalized spacial score (nSPS) is 11.4. The Kier molecular flexibility index (Phi) is 6.00. The molecule has 164 valence electrons. The van der Waals surface area contributed by atoms with Gasteiger partial charge in [0.15, 0.2) is 0 Å². The van der Waals surface area contributed by atoms with Gasteiger partial charge in [-0.3, -0.25) is 4.98 Å². The van der Waals surface area contributed by atoms with Gasteiger partial charge in [-0.1, -0.05) is 11.6 Å². The average Bonchev–Trinajstić information content (AvgIpc) is 3.27. The standard InChI is InChI=1S/C22H16ClF3N4O2/c1-31-19-9-14(32-12-18-16(22(24,25)26)3-2-8-27-18)5-6-15(19)17-11-29-21(30-17)13-4-7-20(23)28-10-13/h2-11H,12H2,1H3,(H,29,30). The molecule has 10 heteroatoms. The number of rotatable bonds is 6. The Labute approximate surface area is 186 Å². The summed E-state index contributed by atoms with van der Waals surface area (Å²) in [6.45, 7) is -0.339. The molecule has 0 unspecified atom stereocenters. The maximum Gasteiger partial charge on any atom is 0.418 e. The minimum absolute atomic E-state index is 0.198. The molecule has 0 aliphatic rings. The number of pyridine rings is 2. The maximum atomic E-state index is 13.1. The Morgan fingerprint density at radius 2 is 1.94 bits per heavy atom. The highest BCUT2D eigenvalue weighted by atomic mass is 35.5. The second-order valence-corrected chi connectivity index (χ2v) is 7.04. The number of benzene rings is 1. The van der Waals surface area contributed by atoms with Crippen molar-refractivity contribution in [1.82, 2.24) is 19.9 Å². The molecule has 0 saturated heterocycles. The van der Waals surface area contributed by atoms with E-state index in [1.165, 1.54) is 19.4 Å². The summed E-state index contributed by atoms with van der Waals surface area (Å²) in [5.74, 6) is 1.38. The lowest BCUT2D eigenvalue weighted by Crippen LogP contribution is -2.12. The third kappa shape index (κ3) is 4.67. The van der Waals surface area contributed by atoms with E-state index in [2.05, 4.69) is 19.9 Å². The van der Waals surface area contributed by atoms with Crippen molar-refractivity contribution in [1.29, 1.82) is 0 Å². The monoisotopic (exact) mass is 460 g/mol. The van der Waals surface area contributed by atoms with Crippen LogP contribution in [-0.4, -0.2) is 27.0 Å². The quantitative estimate of drug-likeness (QED) is 0.368. The minimum Gasteiger partial charge on any atom is -0.496 e. The molecule has 32 heavy (non-hydrogen) atoms. The van der Waals surface area contributed by atoms with Crippen LogP contribution in [0.3, 0.4) is 0 Å². The molecule has 3 aromatic heterocycles. The van der Waals surface area contributed by atoms with Crippen LogP contribution in [0, 0.1) is 0 Å². The second kappa shape index (κ2) is 8.88. The van der Waals surface area contributed by atoms with Gasteiger partial charge < -0.3 is 14.5 Å². The third-order valence-corrected chi connectivity index (χ3v) is 4.82. The van der Waals surface area contributed by atoms with Gasteiger partial charge in [-0.25, -0.2) is 9.97 Å². The number of hydrogen-bond acceptors (Lipinski definition) is 5. The largest absolute Gasteiger partial charge is 0.496 e. The van der Waals surface area contributed by atoms with Crippen LogP contribution >= 0.6 is 11.6 Å². The van der Waals surface area contributed by atoms with E-state index in [4.69, 9.17) is 21.1 Å². The number of halogens is 4. The van der Waals surface area contributed by atoms with E-state index >= 15 is 0 Å². The molecule has 0 spiro atoms. The molecule has 0 radical (unpaired) electrons. The Morgan fingerprint density at radius 3 is 2.66 bits per heavy atom. The van der Waals surface area contributed by atoms with E-state index in [1.807, 2.05) is 0 Å². The van der Waals surface area contributed by atoms with Crippen LogP contribution in [0.25, 0.3) is 22.6 Å². The van der Waals surface area contributed by atoms with Gasteiger partial charge >= 0.3 is 6.18 Å². The molecule has 3 heterocycles. The molecule has 1 aromatic carbocycles. The topological polar surface area (TPSA) is 72.9 Å². The molecule has 6 nitrogen and oxygen atoms in total. The highest BCUT2D eigenvalue weighted by molar-refractivity contribution is 6.29. The molecule has 0 fully saturated rings. The molecule has 0 amide bonds. The first-order valence-corrected chi connectivity index (χ1v) is 9.72. The summed E-state index contributed by atoms with van der Waals surface area (Å²) in [6.07, 6.45) is 0.104. The van der Waals surface area contributed by atoms with Crippen molar-refractivity contribution in [2.24, 2.45) is 0 Å². The van der Waals surface area contributed by atoms with Gasteiger partial charge in [0.2, 0.25) is 0 Å². The zero-order chi connectivity index (χ0) is 22.7. The summed E-state index contributed by atoms with van der Waals surface area (Å²) < 4.78 is 50.4. The molecule has 0 aliphatic carbocycles. The first kappa shape index (κ1) is 21.6. The number of aromatic nitrogens is 4. The Morgan fingerprint density at radius 1 is 1.09 bits per heavy atom. The molecule has 0 aliphatic heterocycles. The number of imidazole rings is 1. The van der Waals surface area contributed by atoms with Crippen LogP contribution in [0.4, 0.5) is 13.2 Å². The number of hydrogen-bond donors (Lipinski definition) is 1. The first-order chi connectivity index (χ1) is 15.3. The number of methoxy groups -OCH3 is 1. The van der Waals surface area contributed by atoms with Gasteiger partial charge in [0, 0.05) is 35.8 Å². The molecular formula is C22H16ClF3N4O2. The van der Waals surface area contributed by atoms with E-state index in [-0.39, 0.29) is 12.3 Å². The predicted molar refractivity (Wildman–Crippen MR) is 112 cm³/mol. The number of nitrogens with one attached hydrogen (secondary N) is 1. The van der Waals surface area contributed by atoms with Crippen LogP contribution in [-0.2, 0) is 12.8 Å². The van der Waals surface area contributed by atoms with Crippen molar-refractivity contribution in [2.45, 2.75) is 12.8 Å². The summed E-state index contributed by atoms with van der Waals surface area (Å²) in [4.78, 5) is 15.5. The van der Waals surface area contributed by atoms with Crippen LogP contribution < -0.4 is 9.47 Å². The second-order valence-electron chi connectivity index (χ2n) is 6.65. The van der Waals surface area contributed by atoms with Crippen molar-refractivity contribution < 1.29 is 22.6 Å². The van der Waals surface area contributed by atoms with Gasteiger partial charge in [0.25, 0.3) is 0 Å². The predicted octanol–water partition coefficient (Wildman–Crippen LogP) is 5.79. The molecule has 0 saturated carbocycles. The summed E-state index contributed by atoms with van der Waals surface area (Å²) >= 11 is 5.82. The SMILES string of the molecule is COc1cc(OCc2ncccc2C(F)(F)F)ccc1-c1c[nH]c(-c2ccc(Cl)nc2)n1. The van der Waals surface area contributed by atoms with Crippen LogP contribution in [0.1, 0.15) is 11.3 Å². The zero-order valence-corrected chi connectivity index (χ0v) is 17.4. The fraction of sp³-hybridized carbons (Fsp3) is 0.136. The van der Waals surface area contributed by atoms with Crippen molar-refractivity contribution in [2.75, 3.05) is 7.11 Å². The van der Waals surface area contributed by atoms with Gasteiger partial charge in [-0.05, 0) is 36.4 Å². The van der Waals surface area contributed by atoms with E-state index in [0.717, 1.165) is 11.6 Å². The van der Waals surface area contributed by atoms with Crippen LogP contribution in [0.5, 0.6) is 11.5 Å². The smallest absolute Gasteiger partial charge is 0.418 e. The zero-order valence-electron chi connectivity index (χ0n) is 16.7. The van der Waals surface area contributed by atoms with E-state index in [0.29, 0.717) is 33.7 Å². The third-order valence-electron chi connectivity index (χ3n) is 4.60. The van der Waals surface area contributed by atoms with Gasteiger partial charge in [-0.15, -0.1) is 0 Å². The number of aromatic amines is 1. The molecule has 0 bridgehead atoms. The molecule has 1 N–H and O–H groups in total. The molecule has 0 atom stereocenters. The van der Waals surface area contributed by atoms with Gasteiger partial charge in [0.05, 0.1) is 24.1 Å². The fourth-order valence-corrected chi connectivity index (χ4v) is 3.17. The Bertz CT molecular complexity index is 1230. The number of ether oxygens (including phenoxy) is 2. The van der Waals surface area contributed by atoms with Gasteiger partial charge in [0.1, 0.15) is 29.1 Å². The van der Waals surface area contributed by atoms with Crippen molar-refractivity contribution in [3.63, 3.8) is 0 Å². The summed E-state index contributed by atoms with van der Waals surface area (Å²) in [5.41, 5.74) is 1.02. The lowest BCUT2D eigenvalue weighted by molar-refractivity contribution is -0.138. The van der Waals surface area contributed by atoms with Crippen molar-refractivity contribution in [3.05, 3.63) is 77.5 Å². The van der Waals surface area contributed by atoms with E-state index in [1.54, 1.807) is 42.7 Å². The average molecular weight is 461 g/mol. The molecule has 4 rings (SSSR count). The maximum absolute atomic E-state index is 13.1. The number of H-pyrrole nitrogens is 1. The molecular weight excluding hydrogens is 445 g/mol. The van der Waals surface area contributed by atoms with Crippen LogP contribution in [0.2, 0.25) is 5.15 Å². The van der Waals surface area contributed by atoms with Crippen LogP contribution in [0.15, 0.2) is 61.1 Å². The number of alkyl halides is 3. The van der Waals surface area contributed by atoms with Crippen molar-refractivity contribution in [3.8, 4) is 34.1 Å².